The number of hydrogen-bond donors (Lipinski definition) is 1. The number of fused-ring (bicyclic) bond motifs is 1. The van der Waals surface area contributed by atoms with Gasteiger partial charge < -0.3 is 10.2 Å². The van der Waals surface area contributed by atoms with E-state index < -0.39 is 0 Å². The van der Waals surface area contributed by atoms with Gasteiger partial charge in [-0.05, 0) is 7.05 Å². The summed E-state index contributed by atoms with van der Waals surface area (Å²) in [6, 6.07) is 0.884. The monoisotopic (exact) mass is 112 g/mol. The van der Waals surface area contributed by atoms with E-state index in [2.05, 4.69) is 17.3 Å². The Balaban J connectivity index is 2.02. The number of likely N-dealkylation sites (tertiary alicyclic amines) is 1. The van der Waals surface area contributed by atoms with Gasteiger partial charge in [-0.1, -0.05) is 0 Å². The lowest BCUT2D eigenvalue weighted by Gasteiger charge is -2.40. The lowest BCUT2D eigenvalue weighted by atomic mass is 9.93. The van der Waals surface area contributed by atoms with Crippen molar-refractivity contribution < 1.29 is 0 Å². The summed E-state index contributed by atoms with van der Waals surface area (Å²) in [5.41, 5.74) is 0. The van der Waals surface area contributed by atoms with Gasteiger partial charge in [0.05, 0.1) is 0 Å². The highest BCUT2D eigenvalue weighted by Gasteiger charge is 2.39. The topological polar surface area (TPSA) is 15.3 Å². The van der Waals surface area contributed by atoms with Gasteiger partial charge in [-0.3, -0.25) is 0 Å². The Morgan fingerprint density at radius 1 is 1.50 bits per heavy atom. The third kappa shape index (κ3) is 0.446. The van der Waals surface area contributed by atoms with Crippen molar-refractivity contribution in [3.63, 3.8) is 0 Å². The molecule has 0 aromatic heterocycles. The first-order valence-electron chi connectivity index (χ1n) is 3.29. The Morgan fingerprint density at radius 3 is 2.88 bits per heavy atom. The minimum Gasteiger partial charge on any atom is -0.315 e. The Bertz CT molecular complexity index is 103. The molecule has 2 rings (SSSR count). The first-order chi connectivity index (χ1) is 3.88. The number of rotatable bonds is 0. The lowest BCUT2D eigenvalue weighted by Crippen LogP contribution is -2.52. The van der Waals surface area contributed by atoms with E-state index in [4.69, 9.17) is 0 Å². The second-order valence-electron chi connectivity index (χ2n) is 2.93. The fourth-order valence-electron chi connectivity index (χ4n) is 1.79. The predicted molar refractivity (Wildman–Crippen MR) is 32.8 cm³/mol. The van der Waals surface area contributed by atoms with Crippen molar-refractivity contribution in [1.29, 1.82) is 0 Å². The highest BCUT2D eigenvalue weighted by molar-refractivity contribution is 4.96. The normalized spacial score (nSPS) is 46.1. The standard InChI is InChI=1S/C6H12N2/c1-8-4-5-2-7-3-6(5)8/h5-7H,2-4H2,1H3/t5-,6+/m0/s1. The Kier molecular flexibility index (Phi) is 0.866. The van der Waals surface area contributed by atoms with E-state index in [1.807, 2.05) is 0 Å². The molecule has 0 amide bonds. The number of nitrogens with zero attached hydrogens (tertiary/aromatic N) is 1. The van der Waals surface area contributed by atoms with Gasteiger partial charge in [-0.25, -0.2) is 0 Å². The molecule has 0 radical (unpaired) electrons. The SMILES string of the molecule is CN1C[C@@H]2CNC[C@H]21. The zero-order valence-corrected chi connectivity index (χ0v) is 5.22. The quantitative estimate of drug-likeness (QED) is 0.455. The van der Waals surface area contributed by atoms with E-state index in [0.29, 0.717) is 0 Å². The Labute approximate surface area is 49.9 Å². The zero-order chi connectivity index (χ0) is 5.56. The van der Waals surface area contributed by atoms with Gasteiger partial charge in [-0.2, -0.15) is 0 Å². The van der Waals surface area contributed by atoms with Gasteiger partial charge in [0.1, 0.15) is 0 Å². The van der Waals surface area contributed by atoms with Crippen LogP contribution in [0.15, 0.2) is 0 Å². The second-order valence-corrected chi connectivity index (χ2v) is 2.93. The van der Waals surface area contributed by atoms with E-state index in [9.17, 15) is 0 Å². The summed E-state index contributed by atoms with van der Waals surface area (Å²) in [7, 11) is 2.20. The first-order valence-corrected chi connectivity index (χ1v) is 3.29. The van der Waals surface area contributed by atoms with Crippen molar-refractivity contribution in [3.8, 4) is 0 Å². The minimum atomic E-state index is 0.884. The molecule has 0 spiro atoms. The van der Waals surface area contributed by atoms with Crippen LogP contribution in [0.4, 0.5) is 0 Å². The molecule has 0 bridgehead atoms. The first kappa shape index (κ1) is 4.77. The van der Waals surface area contributed by atoms with Gasteiger partial charge in [-0.15, -0.1) is 0 Å². The maximum atomic E-state index is 3.37. The molecule has 2 aliphatic heterocycles. The van der Waals surface area contributed by atoms with Crippen LogP contribution < -0.4 is 5.32 Å². The van der Waals surface area contributed by atoms with Crippen LogP contribution in [0, 0.1) is 5.92 Å². The second kappa shape index (κ2) is 1.45. The van der Waals surface area contributed by atoms with Gasteiger partial charge >= 0.3 is 0 Å². The van der Waals surface area contributed by atoms with Crippen molar-refractivity contribution in [2.24, 2.45) is 5.92 Å². The molecule has 2 nitrogen and oxygen atoms in total. The van der Waals surface area contributed by atoms with Gasteiger partial charge in [0, 0.05) is 31.6 Å². The van der Waals surface area contributed by atoms with Crippen LogP contribution in [0.3, 0.4) is 0 Å². The highest BCUT2D eigenvalue weighted by Crippen LogP contribution is 2.24. The predicted octanol–water partition coefficient (Wildman–Crippen LogP) is -0.480. The van der Waals surface area contributed by atoms with Crippen LogP contribution in [0.2, 0.25) is 0 Å². The number of likely N-dealkylation sites (N-methyl/N-ethyl adjacent to an activating group) is 1. The van der Waals surface area contributed by atoms with Gasteiger partial charge in [0.15, 0.2) is 0 Å². The van der Waals surface area contributed by atoms with E-state index in [-0.39, 0.29) is 0 Å². The molecule has 2 heteroatoms. The fourth-order valence-corrected chi connectivity index (χ4v) is 1.79. The molecule has 0 saturated carbocycles. The molecule has 0 aliphatic carbocycles. The van der Waals surface area contributed by atoms with Crippen molar-refractivity contribution in [1.82, 2.24) is 10.2 Å². The largest absolute Gasteiger partial charge is 0.315 e. The maximum absolute atomic E-state index is 3.37. The zero-order valence-electron chi connectivity index (χ0n) is 5.22. The summed E-state index contributed by atoms with van der Waals surface area (Å²) in [4.78, 5) is 2.42. The molecule has 0 aromatic rings. The van der Waals surface area contributed by atoms with Crippen molar-refractivity contribution in [2.75, 3.05) is 26.7 Å². The average Bonchev–Trinajstić information content (AvgIpc) is 2.09. The molecular formula is C6H12N2. The molecule has 2 heterocycles. The molecule has 46 valence electrons. The van der Waals surface area contributed by atoms with E-state index in [0.717, 1.165) is 12.0 Å². The van der Waals surface area contributed by atoms with E-state index in [1.54, 1.807) is 0 Å². The molecule has 0 aromatic carbocycles. The van der Waals surface area contributed by atoms with Crippen molar-refractivity contribution in [2.45, 2.75) is 6.04 Å². The minimum absolute atomic E-state index is 0.884. The molecule has 2 saturated heterocycles. The summed E-state index contributed by atoms with van der Waals surface area (Å²) in [5, 5.41) is 3.37. The third-order valence-corrected chi connectivity index (χ3v) is 2.39. The van der Waals surface area contributed by atoms with Crippen molar-refractivity contribution in [3.05, 3.63) is 0 Å². The molecule has 2 fully saturated rings. The Hall–Kier alpha value is -0.0800. The van der Waals surface area contributed by atoms with Gasteiger partial charge in [0.2, 0.25) is 0 Å². The summed E-state index contributed by atoms with van der Waals surface area (Å²) in [5.74, 6) is 0.986. The lowest BCUT2D eigenvalue weighted by molar-refractivity contribution is 0.0827. The van der Waals surface area contributed by atoms with Crippen LogP contribution in [-0.4, -0.2) is 37.6 Å². The number of hydrogen-bond acceptors (Lipinski definition) is 2. The van der Waals surface area contributed by atoms with E-state index in [1.165, 1.54) is 19.6 Å². The van der Waals surface area contributed by atoms with Crippen LogP contribution >= 0.6 is 0 Å². The average molecular weight is 112 g/mol. The maximum Gasteiger partial charge on any atom is 0.0270 e. The van der Waals surface area contributed by atoms with Crippen LogP contribution in [-0.2, 0) is 0 Å². The van der Waals surface area contributed by atoms with Crippen LogP contribution in [0.5, 0.6) is 0 Å². The molecule has 0 unspecified atom stereocenters. The Morgan fingerprint density at radius 2 is 2.38 bits per heavy atom. The fraction of sp³-hybridized carbons (Fsp3) is 1.00. The molecule has 1 N–H and O–H groups in total. The summed E-state index contributed by atoms with van der Waals surface area (Å²) in [6.45, 7) is 3.80. The summed E-state index contributed by atoms with van der Waals surface area (Å²) >= 11 is 0. The van der Waals surface area contributed by atoms with E-state index >= 15 is 0 Å². The molecular weight excluding hydrogens is 100 g/mol. The van der Waals surface area contributed by atoms with Crippen LogP contribution in [0.25, 0.3) is 0 Å². The smallest absolute Gasteiger partial charge is 0.0270 e. The third-order valence-electron chi connectivity index (χ3n) is 2.39. The molecule has 2 aliphatic rings. The number of nitrogens with one attached hydrogen (secondary N) is 1. The summed E-state index contributed by atoms with van der Waals surface area (Å²) < 4.78 is 0. The highest BCUT2D eigenvalue weighted by atomic mass is 15.3. The molecule has 2 atom stereocenters. The van der Waals surface area contributed by atoms with Gasteiger partial charge in [0.25, 0.3) is 0 Å². The summed E-state index contributed by atoms with van der Waals surface area (Å²) in [6.07, 6.45) is 0. The van der Waals surface area contributed by atoms with Crippen LogP contribution in [0.1, 0.15) is 0 Å². The van der Waals surface area contributed by atoms with Crippen molar-refractivity contribution >= 4 is 0 Å². The molecule has 8 heavy (non-hydrogen) atoms.